The number of hydrogen-bond acceptors (Lipinski definition) is 2. The van der Waals surface area contributed by atoms with Gasteiger partial charge in [-0.1, -0.05) is 30.3 Å². The first kappa shape index (κ1) is 13.3. The molecule has 0 aliphatic carbocycles. The summed E-state index contributed by atoms with van der Waals surface area (Å²) in [6.07, 6.45) is 0. The Kier molecular flexibility index (Phi) is 4.31. The summed E-state index contributed by atoms with van der Waals surface area (Å²) >= 11 is 0. The zero-order valence-electron chi connectivity index (χ0n) is 11.2. The Bertz CT molecular complexity index is 552. The van der Waals surface area contributed by atoms with Crippen molar-refractivity contribution >= 4 is 11.6 Å². The highest BCUT2D eigenvalue weighted by atomic mass is 16.1. The average molecular weight is 254 g/mol. The van der Waals surface area contributed by atoms with Gasteiger partial charge in [-0.15, -0.1) is 0 Å². The molecule has 0 fully saturated rings. The first-order valence-corrected chi connectivity index (χ1v) is 6.34. The molecule has 0 saturated carbocycles. The predicted octanol–water partition coefficient (Wildman–Crippen LogP) is 3.22. The molecule has 98 valence electrons. The third kappa shape index (κ3) is 3.42. The maximum absolute atomic E-state index is 12.0. The van der Waals surface area contributed by atoms with Crippen molar-refractivity contribution in [1.29, 1.82) is 0 Å². The number of benzene rings is 2. The largest absolute Gasteiger partial charge is 0.322 e. The van der Waals surface area contributed by atoms with Crippen LogP contribution in [0.1, 0.15) is 28.9 Å². The van der Waals surface area contributed by atoms with Crippen molar-refractivity contribution < 1.29 is 4.79 Å². The standard InChI is InChI=1S/C16H18N2O/c1-12(17-2)14-9-6-10-15(11-14)18-16(19)13-7-4-3-5-8-13/h3-12,17H,1-2H3,(H,18,19)/t12-/m0/s1. The summed E-state index contributed by atoms with van der Waals surface area (Å²) in [5.74, 6) is -0.0881. The van der Waals surface area contributed by atoms with Crippen molar-refractivity contribution in [3.8, 4) is 0 Å². The molecule has 0 aliphatic heterocycles. The van der Waals surface area contributed by atoms with Crippen molar-refractivity contribution in [3.05, 3.63) is 65.7 Å². The van der Waals surface area contributed by atoms with E-state index in [0.29, 0.717) is 5.56 Å². The molecule has 0 radical (unpaired) electrons. The van der Waals surface area contributed by atoms with Crippen molar-refractivity contribution in [2.45, 2.75) is 13.0 Å². The summed E-state index contributed by atoms with van der Waals surface area (Å²) in [6, 6.07) is 17.3. The number of anilines is 1. The highest BCUT2D eigenvalue weighted by molar-refractivity contribution is 6.04. The van der Waals surface area contributed by atoms with Gasteiger partial charge in [0.05, 0.1) is 0 Å². The van der Waals surface area contributed by atoms with Gasteiger partial charge in [-0.3, -0.25) is 4.79 Å². The maximum Gasteiger partial charge on any atom is 0.255 e. The minimum absolute atomic E-state index is 0.0881. The molecule has 0 unspecified atom stereocenters. The minimum atomic E-state index is -0.0881. The summed E-state index contributed by atoms with van der Waals surface area (Å²) in [7, 11) is 1.92. The van der Waals surface area contributed by atoms with Crippen LogP contribution in [0, 0.1) is 0 Å². The molecule has 2 N–H and O–H groups in total. The zero-order chi connectivity index (χ0) is 13.7. The Morgan fingerprint density at radius 1 is 1.05 bits per heavy atom. The second kappa shape index (κ2) is 6.16. The van der Waals surface area contributed by atoms with Crippen LogP contribution >= 0.6 is 0 Å². The van der Waals surface area contributed by atoms with E-state index in [4.69, 9.17) is 0 Å². The Balaban J connectivity index is 2.13. The molecule has 0 spiro atoms. The van der Waals surface area contributed by atoms with E-state index < -0.39 is 0 Å². The molecule has 1 amide bonds. The number of nitrogens with one attached hydrogen (secondary N) is 2. The average Bonchev–Trinajstić information content (AvgIpc) is 2.47. The predicted molar refractivity (Wildman–Crippen MR) is 78.3 cm³/mol. The number of amides is 1. The van der Waals surface area contributed by atoms with Gasteiger partial charge in [0.1, 0.15) is 0 Å². The molecule has 3 heteroatoms. The minimum Gasteiger partial charge on any atom is -0.322 e. The zero-order valence-corrected chi connectivity index (χ0v) is 11.2. The lowest BCUT2D eigenvalue weighted by atomic mass is 10.1. The topological polar surface area (TPSA) is 41.1 Å². The molecule has 0 heterocycles. The summed E-state index contributed by atoms with van der Waals surface area (Å²) in [5.41, 5.74) is 2.62. The van der Waals surface area contributed by atoms with Crippen molar-refractivity contribution in [2.75, 3.05) is 12.4 Å². The molecule has 0 aliphatic rings. The molecule has 2 aromatic rings. The summed E-state index contributed by atoms with van der Waals surface area (Å²) in [6.45, 7) is 2.08. The molecule has 3 nitrogen and oxygen atoms in total. The van der Waals surface area contributed by atoms with Crippen LogP contribution in [0.15, 0.2) is 54.6 Å². The number of carbonyl (C=O) groups is 1. The fourth-order valence-corrected chi connectivity index (χ4v) is 1.85. The van der Waals surface area contributed by atoms with Gasteiger partial charge in [0.15, 0.2) is 0 Å². The van der Waals surface area contributed by atoms with E-state index in [2.05, 4.69) is 17.6 Å². The third-order valence-corrected chi connectivity index (χ3v) is 3.11. The van der Waals surface area contributed by atoms with Crippen LogP contribution < -0.4 is 10.6 Å². The van der Waals surface area contributed by atoms with Crippen molar-refractivity contribution in [1.82, 2.24) is 5.32 Å². The summed E-state index contributed by atoms with van der Waals surface area (Å²) in [5, 5.41) is 6.09. The van der Waals surface area contributed by atoms with Gasteiger partial charge in [0, 0.05) is 17.3 Å². The van der Waals surface area contributed by atoms with Gasteiger partial charge in [-0.05, 0) is 43.8 Å². The van der Waals surface area contributed by atoms with E-state index in [9.17, 15) is 4.79 Å². The quantitative estimate of drug-likeness (QED) is 0.879. The van der Waals surface area contributed by atoms with Gasteiger partial charge >= 0.3 is 0 Å². The van der Waals surface area contributed by atoms with E-state index >= 15 is 0 Å². The Labute approximate surface area is 113 Å². The monoisotopic (exact) mass is 254 g/mol. The SMILES string of the molecule is CN[C@@H](C)c1cccc(NC(=O)c2ccccc2)c1. The molecule has 0 aromatic heterocycles. The van der Waals surface area contributed by atoms with Crippen LogP contribution in [0.25, 0.3) is 0 Å². The van der Waals surface area contributed by atoms with Crippen molar-refractivity contribution in [2.24, 2.45) is 0 Å². The summed E-state index contributed by atoms with van der Waals surface area (Å²) in [4.78, 5) is 12.0. The highest BCUT2D eigenvalue weighted by Crippen LogP contribution is 2.17. The molecule has 19 heavy (non-hydrogen) atoms. The van der Waals surface area contributed by atoms with Crippen LogP contribution in [0.5, 0.6) is 0 Å². The lowest BCUT2D eigenvalue weighted by Gasteiger charge is -2.12. The van der Waals surface area contributed by atoms with Gasteiger partial charge in [0.2, 0.25) is 0 Å². The Morgan fingerprint density at radius 3 is 2.47 bits per heavy atom. The molecular weight excluding hydrogens is 236 g/mol. The van der Waals surface area contributed by atoms with Crippen LogP contribution in [0.4, 0.5) is 5.69 Å². The first-order chi connectivity index (χ1) is 9.20. The summed E-state index contributed by atoms with van der Waals surface area (Å²) < 4.78 is 0. The van der Waals surface area contributed by atoms with Crippen LogP contribution in [-0.2, 0) is 0 Å². The molecule has 2 rings (SSSR count). The molecule has 1 atom stereocenters. The molecule has 0 saturated heterocycles. The smallest absolute Gasteiger partial charge is 0.255 e. The fourth-order valence-electron chi connectivity index (χ4n) is 1.85. The fraction of sp³-hybridized carbons (Fsp3) is 0.188. The highest BCUT2D eigenvalue weighted by Gasteiger charge is 2.07. The Hall–Kier alpha value is -2.13. The van der Waals surface area contributed by atoms with E-state index in [1.807, 2.05) is 49.5 Å². The maximum atomic E-state index is 12.0. The second-order valence-electron chi connectivity index (χ2n) is 4.46. The van der Waals surface area contributed by atoms with E-state index in [0.717, 1.165) is 11.3 Å². The lowest BCUT2D eigenvalue weighted by molar-refractivity contribution is 0.102. The molecule has 2 aromatic carbocycles. The van der Waals surface area contributed by atoms with Crippen molar-refractivity contribution in [3.63, 3.8) is 0 Å². The second-order valence-corrected chi connectivity index (χ2v) is 4.46. The van der Waals surface area contributed by atoms with Gasteiger partial charge in [0.25, 0.3) is 5.91 Å². The Morgan fingerprint density at radius 2 is 1.79 bits per heavy atom. The van der Waals surface area contributed by atoms with Gasteiger partial charge in [-0.2, -0.15) is 0 Å². The van der Waals surface area contributed by atoms with Crippen LogP contribution in [-0.4, -0.2) is 13.0 Å². The lowest BCUT2D eigenvalue weighted by Crippen LogP contribution is -2.14. The van der Waals surface area contributed by atoms with Crippen LogP contribution in [0.3, 0.4) is 0 Å². The number of hydrogen-bond donors (Lipinski definition) is 2. The normalized spacial score (nSPS) is 11.9. The van der Waals surface area contributed by atoms with Gasteiger partial charge in [-0.25, -0.2) is 0 Å². The number of rotatable bonds is 4. The number of carbonyl (C=O) groups excluding carboxylic acids is 1. The van der Waals surface area contributed by atoms with Gasteiger partial charge < -0.3 is 10.6 Å². The first-order valence-electron chi connectivity index (χ1n) is 6.34. The van der Waals surface area contributed by atoms with E-state index in [1.165, 1.54) is 0 Å². The van der Waals surface area contributed by atoms with Crippen LogP contribution in [0.2, 0.25) is 0 Å². The van der Waals surface area contributed by atoms with E-state index in [1.54, 1.807) is 12.1 Å². The molecule has 0 bridgehead atoms. The van der Waals surface area contributed by atoms with E-state index in [-0.39, 0.29) is 11.9 Å². The molecular formula is C16H18N2O. The third-order valence-electron chi connectivity index (χ3n) is 3.11.